The molecule has 3 atom stereocenters. The van der Waals surface area contributed by atoms with Gasteiger partial charge in [0.1, 0.15) is 0 Å². The fourth-order valence-corrected chi connectivity index (χ4v) is 8.01. The number of anilines is 1. The molecule has 48 heavy (non-hydrogen) atoms. The molecule has 3 aromatic carbocycles. The van der Waals surface area contributed by atoms with E-state index in [1.165, 1.54) is 11.8 Å². The quantitative estimate of drug-likeness (QED) is 0.221. The van der Waals surface area contributed by atoms with Crippen molar-refractivity contribution >= 4 is 35.2 Å². The molecule has 0 unspecified atom stereocenters. The molecule has 2 N–H and O–H groups in total. The fraction of sp³-hybridized carbons (Fsp3) is 0.405. The van der Waals surface area contributed by atoms with E-state index in [4.69, 9.17) is 18.9 Å². The van der Waals surface area contributed by atoms with E-state index >= 15 is 0 Å². The first-order chi connectivity index (χ1) is 22.8. The highest BCUT2D eigenvalue weighted by molar-refractivity contribution is 7.98. The van der Waals surface area contributed by atoms with Gasteiger partial charge in [0.25, 0.3) is 11.8 Å². The van der Waals surface area contributed by atoms with E-state index in [0.717, 1.165) is 16.7 Å². The number of fused-ring (bicyclic) bond motifs is 5. The molecule has 1 heterocycles. The van der Waals surface area contributed by atoms with Crippen molar-refractivity contribution in [2.45, 2.75) is 63.0 Å². The van der Waals surface area contributed by atoms with Crippen LogP contribution in [0.15, 0.2) is 58.2 Å². The standard InChI is InChI=1S/C37H40N2O8S/c1-35(2)36(3)16-17-37(35,47-34(36)43)33(42)38-22-11-8-20(9-12-22)32(41)39-25-14-10-21-18-27(44-4)30(45-5)31(46-6)29(21)23-13-15-28(48-7)26(40)19-24(23)25/h8-9,11-13,15,18-19,25H,10,14,16-17H2,1-7H3,(H,38,42)(H,39,41)/t25-,36-,37+/m0/s1. The number of thioether (sulfide) groups is 1. The van der Waals surface area contributed by atoms with Crippen LogP contribution in [0.4, 0.5) is 5.69 Å². The predicted molar refractivity (Wildman–Crippen MR) is 183 cm³/mol. The second-order valence-corrected chi connectivity index (χ2v) is 14.1. The molecule has 2 amide bonds. The average molecular weight is 673 g/mol. The van der Waals surface area contributed by atoms with E-state index < -0.39 is 22.5 Å². The van der Waals surface area contributed by atoms with Crippen LogP contribution in [-0.4, -0.2) is 51.0 Å². The Hall–Kier alpha value is -4.51. The van der Waals surface area contributed by atoms with Crippen LogP contribution in [0.25, 0.3) is 11.1 Å². The highest BCUT2D eigenvalue weighted by atomic mass is 32.2. The summed E-state index contributed by atoms with van der Waals surface area (Å²) < 4.78 is 22.9. The van der Waals surface area contributed by atoms with Gasteiger partial charge in [-0.2, -0.15) is 0 Å². The van der Waals surface area contributed by atoms with Gasteiger partial charge in [-0.05, 0) is 98.0 Å². The third-order valence-electron chi connectivity index (χ3n) is 10.9. The Morgan fingerprint density at radius 1 is 0.917 bits per heavy atom. The van der Waals surface area contributed by atoms with Crippen LogP contribution in [-0.2, 0) is 20.7 Å². The van der Waals surface area contributed by atoms with Crippen molar-refractivity contribution in [3.05, 3.63) is 75.4 Å². The molecule has 0 aromatic heterocycles. The van der Waals surface area contributed by atoms with Crippen molar-refractivity contribution in [2.24, 2.45) is 10.8 Å². The van der Waals surface area contributed by atoms with Crippen LogP contribution in [0.2, 0.25) is 0 Å². The second kappa shape index (κ2) is 12.2. The average Bonchev–Trinajstić information content (AvgIpc) is 3.21. The number of amides is 2. The number of hydrogen-bond donors (Lipinski definition) is 2. The number of carbonyl (C=O) groups is 3. The third kappa shape index (κ3) is 4.93. The third-order valence-corrected chi connectivity index (χ3v) is 11.7. The van der Waals surface area contributed by atoms with Crippen LogP contribution in [0.3, 0.4) is 0 Å². The Morgan fingerprint density at radius 2 is 1.62 bits per heavy atom. The van der Waals surface area contributed by atoms with Gasteiger partial charge >= 0.3 is 5.97 Å². The minimum atomic E-state index is -1.25. The van der Waals surface area contributed by atoms with Gasteiger partial charge < -0.3 is 29.6 Å². The number of rotatable bonds is 8. The highest BCUT2D eigenvalue weighted by Gasteiger charge is 2.75. The zero-order valence-corrected chi connectivity index (χ0v) is 29.0. The summed E-state index contributed by atoms with van der Waals surface area (Å²) in [6.07, 6.45) is 3.95. The summed E-state index contributed by atoms with van der Waals surface area (Å²) in [5.41, 5.74) is 1.21. The molecule has 1 saturated carbocycles. The lowest BCUT2D eigenvalue weighted by atomic mass is 9.66. The van der Waals surface area contributed by atoms with Gasteiger partial charge in [-0.1, -0.05) is 19.9 Å². The first kappa shape index (κ1) is 33.4. The molecule has 6 rings (SSSR count). The first-order valence-corrected chi connectivity index (χ1v) is 17.1. The van der Waals surface area contributed by atoms with Crippen molar-refractivity contribution < 1.29 is 33.3 Å². The zero-order valence-electron chi connectivity index (χ0n) is 28.2. The Morgan fingerprint density at radius 3 is 2.21 bits per heavy atom. The van der Waals surface area contributed by atoms with Gasteiger partial charge in [-0.15, -0.1) is 11.8 Å². The van der Waals surface area contributed by atoms with Gasteiger partial charge in [0.05, 0.1) is 37.7 Å². The second-order valence-electron chi connectivity index (χ2n) is 13.2. The van der Waals surface area contributed by atoms with Crippen molar-refractivity contribution in [1.29, 1.82) is 0 Å². The molecule has 0 radical (unpaired) electrons. The van der Waals surface area contributed by atoms with Crippen LogP contribution in [0.5, 0.6) is 17.2 Å². The number of carbonyl (C=O) groups excluding carboxylic acids is 3. The number of nitrogens with one attached hydrogen (secondary N) is 2. The number of methoxy groups -OCH3 is 3. The van der Waals surface area contributed by atoms with Gasteiger partial charge in [-0.3, -0.25) is 19.2 Å². The van der Waals surface area contributed by atoms with Crippen molar-refractivity contribution in [2.75, 3.05) is 32.9 Å². The Kier molecular flexibility index (Phi) is 8.47. The van der Waals surface area contributed by atoms with Crippen molar-refractivity contribution in [3.63, 3.8) is 0 Å². The molecular formula is C37H40N2O8S. The monoisotopic (exact) mass is 672 g/mol. The van der Waals surface area contributed by atoms with Gasteiger partial charge in [-0.25, -0.2) is 0 Å². The highest BCUT2D eigenvalue weighted by Crippen LogP contribution is 2.65. The molecule has 0 spiro atoms. The molecule has 2 bridgehead atoms. The van der Waals surface area contributed by atoms with Crippen LogP contribution < -0.4 is 30.3 Å². The van der Waals surface area contributed by atoms with E-state index in [-0.39, 0.29) is 23.2 Å². The normalized spacial score (nSPS) is 23.2. The van der Waals surface area contributed by atoms with E-state index in [0.29, 0.717) is 64.6 Å². The minimum Gasteiger partial charge on any atom is -0.493 e. The smallest absolute Gasteiger partial charge is 0.313 e. The van der Waals surface area contributed by atoms with E-state index in [9.17, 15) is 19.2 Å². The molecule has 1 aliphatic heterocycles. The summed E-state index contributed by atoms with van der Waals surface area (Å²) in [4.78, 5) is 53.8. The first-order valence-electron chi connectivity index (χ1n) is 15.9. The number of ether oxygens (including phenoxy) is 4. The molecule has 3 aliphatic rings. The van der Waals surface area contributed by atoms with Gasteiger partial charge in [0.2, 0.25) is 5.75 Å². The van der Waals surface area contributed by atoms with Crippen molar-refractivity contribution in [3.8, 4) is 28.4 Å². The van der Waals surface area contributed by atoms with Crippen LogP contribution in [0.1, 0.15) is 67.6 Å². The lowest BCUT2D eigenvalue weighted by Gasteiger charge is -2.35. The maximum Gasteiger partial charge on any atom is 0.313 e. The summed E-state index contributed by atoms with van der Waals surface area (Å²) in [7, 11) is 4.68. The molecule has 1 saturated heterocycles. The Balaban J connectivity index is 1.29. The SMILES string of the molecule is COc1cc2c(c(OC)c1OC)-c1ccc(SC)c(=O)cc1[C@@H](NC(=O)c1ccc(NC(=O)[C@@]34CC[C@@](C)(C(=O)O3)C4(C)C)cc1)CC2. The number of hydrogen-bond acceptors (Lipinski definition) is 9. The summed E-state index contributed by atoms with van der Waals surface area (Å²) in [6, 6.07) is 13.3. The number of benzene rings is 2. The maximum atomic E-state index is 13.7. The molecule has 2 aliphatic carbocycles. The molecule has 2 fully saturated rings. The van der Waals surface area contributed by atoms with E-state index in [1.807, 2.05) is 39.2 Å². The molecule has 3 aromatic rings. The molecule has 11 heteroatoms. The topological polar surface area (TPSA) is 129 Å². The van der Waals surface area contributed by atoms with Crippen LogP contribution in [0, 0.1) is 10.8 Å². The Labute approximate surface area is 283 Å². The summed E-state index contributed by atoms with van der Waals surface area (Å²) >= 11 is 1.36. The number of esters is 1. The molecule has 10 nitrogen and oxygen atoms in total. The van der Waals surface area contributed by atoms with E-state index in [2.05, 4.69) is 10.6 Å². The maximum absolute atomic E-state index is 13.7. The van der Waals surface area contributed by atoms with Gasteiger partial charge in [0, 0.05) is 22.2 Å². The van der Waals surface area contributed by atoms with Crippen LogP contribution >= 0.6 is 11.8 Å². The zero-order chi connectivity index (χ0) is 34.6. The predicted octanol–water partition coefficient (Wildman–Crippen LogP) is 5.94. The molecular weight excluding hydrogens is 632 g/mol. The largest absolute Gasteiger partial charge is 0.493 e. The lowest BCUT2D eigenvalue weighted by molar-refractivity contribution is -0.165. The summed E-state index contributed by atoms with van der Waals surface area (Å²) in [5, 5.41) is 6.06. The lowest BCUT2D eigenvalue weighted by Crippen LogP contribution is -2.50. The summed E-state index contributed by atoms with van der Waals surface area (Å²) in [6.45, 7) is 5.67. The minimum absolute atomic E-state index is 0.149. The Bertz CT molecular complexity index is 1890. The van der Waals surface area contributed by atoms with E-state index in [1.54, 1.807) is 57.7 Å². The molecule has 252 valence electrons. The fourth-order valence-electron chi connectivity index (χ4n) is 7.54. The van der Waals surface area contributed by atoms with Gasteiger partial charge in [0.15, 0.2) is 22.5 Å². The summed E-state index contributed by atoms with van der Waals surface area (Å²) in [5.74, 6) is 0.396. The number of aryl methyl sites for hydroxylation is 1. The van der Waals surface area contributed by atoms with Crippen molar-refractivity contribution in [1.82, 2.24) is 5.32 Å².